The quantitative estimate of drug-likeness (QED) is 0.544. The van der Waals surface area contributed by atoms with E-state index in [0.717, 1.165) is 11.8 Å². The average Bonchev–Trinajstić information content (AvgIpc) is 1.80. The van der Waals surface area contributed by atoms with Gasteiger partial charge in [-0.1, -0.05) is 0 Å². The average molecular weight is 278 g/mol. The van der Waals surface area contributed by atoms with Crippen molar-refractivity contribution in [2.45, 2.75) is 37.7 Å². The van der Waals surface area contributed by atoms with Gasteiger partial charge in [-0.2, -0.15) is 0 Å². The number of rotatable bonds is 4. The van der Waals surface area contributed by atoms with E-state index in [4.69, 9.17) is 19.2 Å². The Labute approximate surface area is 94.0 Å². The maximum Gasteiger partial charge on any atom is 0.466 e. The van der Waals surface area contributed by atoms with Crippen molar-refractivity contribution in [2.75, 3.05) is 0 Å². The van der Waals surface area contributed by atoms with Crippen LogP contribution in [0.15, 0.2) is 0 Å². The molecule has 0 aliphatic rings. The molecular weight excluding hydrogens is 256 g/mol. The van der Waals surface area contributed by atoms with Gasteiger partial charge in [0, 0.05) is 0 Å². The molecule has 0 radical (unpaired) electrons. The second kappa shape index (κ2) is 9.00. The summed E-state index contributed by atoms with van der Waals surface area (Å²) in [6.45, 7) is 9.36. The molecule has 0 bridgehead atoms. The summed E-state index contributed by atoms with van der Waals surface area (Å²) in [7, 11) is -4.64. The molecule has 0 saturated carbocycles. The van der Waals surface area contributed by atoms with E-state index in [0.29, 0.717) is 0 Å². The fourth-order valence-electron chi connectivity index (χ4n) is 0.934. The van der Waals surface area contributed by atoms with Crippen LogP contribution in [0.2, 0.25) is 10.0 Å². The summed E-state index contributed by atoms with van der Waals surface area (Å²) in [5.41, 5.74) is 0. The van der Waals surface area contributed by atoms with E-state index in [1.54, 1.807) is 10.0 Å². The second-order valence-corrected chi connectivity index (χ2v) is 9.16. The van der Waals surface area contributed by atoms with Crippen molar-refractivity contribution in [2.24, 2.45) is 11.8 Å². The first kappa shape index (κ1) is 17.1. The number of hydrogen-bond donors (Lipinski definition) is 3. The molecule has 0 aromatic rings. The van der Waals surface area contributed by atoms with Crippen molar-refractivity contribution in [1.82, 2.24) is 0 Å². The van der Waals surface area contributed by atoms with Gasteiger partial charge in [-0.15, -0.1) is 0 Å². The maximum absolute atomic E-state index is 8.88. The zero-order valence-electron chi connectivity index (χ0n) is 9.47. The summed E-state index contributed by atoms with van der Waals surface area (Å²) in [4.78, 5) is 21.6. The first-order valence-corrected chi connectivity index (χ1v) is 10.7. The molecule has 0 saturated heterocycles. The molecule has 84 valence electrons. The Morgan fingerprint density at radius 3 is 1.36 bits per heavy atom. The largest absolute Gasteiger partial charge is 0.466 e. The van der Waals surface area contributed by atoms with Gasteiger partial charge in [0.05, 0.1) is 0 Å². The van der Waals surface area contributed by atoms with Crippen molar-refractivity contribution >= 4 is 7.82 Å². The molecule has 0 aromatic carbocycles. The van der Waals surface area contributed by atoms with Crippen LogP contribution in [-0.2, 0) is 21.7 Å². The van der Waals surface area contributed by atoms with Gasteiger partial charge >= 0.3 is 74.5 Å². The molecule has 0 spiro atoms. The van der Waals surface area contributed by atoms with E-state index >= 15 is 0 Å². The molecule has 0 fully saturated rings. The minimum Gasteiger partial charge on any atom is -0.303 e. The zero-order valence-corrected chi connectivity index (χ0v) is 13.3. The summed E-state index contributed by atoms with van der Waals surface area (Å²) in [6.07, 6.45) is 0. The van der Waals surface area contributed by atoms with E-state index in [2.05, 4.69) is 27.7 Å². The molecule has 0 rings (SSSR count). The van der Waals surface area contributed by atoms with Gasteiger partial charge in [0.1, 0.15) is 0 Å². The zero-order chi connectivity index (χ0) is 11.8. The molecule has 0 heterocycles. The van der Waals surface area contributed by atoms with Crippen molar-refractivity contribution in [3.05, 3.63) is 0 Å². The van der Waals surface area contributed by atoms with Crippen LogP contribution in [0.4, 0.5) is 0 Å². The monoisotopic (exact) mass is 276 g/mol. The Hall–Kier alpha value is 0.733. The van der Waals surface area contributed by atoms with Crippen LogP contribution < -0.4 is 0 Å². The van der Waals surface area contributed by atoms with E-state index in [9.17, 15) is 0 Å². The summed E-state index contributed by atoms with van der Waals surface area (Å²) >= 11 is -0.0671. The van der Waals surface area contributed by atoms with Gasteiger partial charge in [-0.3, -0.25) is 0 Å². The third-order valence-corrected chi connectivity index (χ3v) is 8.12. The van der Waals surface area contributed by atoms with Crippen molar-refractivity contribution < 1.29 is 36.4 Å². The van der Waals surface area contributed by atoms with Crippen LogP contribution in [-0.4, -0.2) is 14.7 Å². The van der Waals surface area contributed by atoms with Crippen molar-refractivity contribution in [1.29, 1.82) is 0 Å². The number of hydrogen-bond acceptors (Lipinski definition) is 1. The first-order valence-electron chi connectivity index (χ1n) is 4.91. The van der Waals surface area contributed by atoms with Crippen LogP contribution in [0, 0.1) is 11.8 Å². The van der Waals surface area contributed by atoms with Crippen molar-refractivity contribution in [3.8, 4) is 0 Å². The molecule has 0 atom stereocenters. The smallest absolute Gasteiger partial charge is 0.303 e. The molecule has 0 aliphatic carbocycles. The Balaban J connectivity index is 0. The fourth-order valence-corrected chi connectivity index (χ4v) is 4.86. The third-order valence-electron chi connectivity index (χ3n) is 1.56. The summed E-state index contributed by atoms with van der Waals surface area (Å²) in [6, 6.07) is 0. The number of phosphoric acid groups is 1. The Kier molecular flexibility index (Phi) is 11.0. The summed E-state index contributed by atoms with van der Waals surface area (Å²) < 4.78 is 8.88. The molecule has 6 heteroatoms. The normalized spacial score (nSPS) is 10.9. The van der Waals surface area contributed by atoms with Gasteiger partial charge in [0.2, 0.25) is 0 Å². The molecule has 0 amide bonds. The second-order valence-electron chi connectivity index (χ2n) is 4.23. The van der Waals surface area contributed by atoms with Crippen LogP contribution in [0.25, 0.3) is 0 Å². The molecule has 14 heavy (non-hydrogen) atoms. The Bertz CT molecular complexity index is 150. The topological polar surface area (TPSA) is 77.8 Å². The standard InChI is InChI=1S/2C4H9.H3O4P.Zn/c2*1-4(2)3;1-5(2,3)4;/h2*4H,1H2,2-3H3;(H3,1,2,3,4);. The van der Waals surface area contributed by atoms with E-state index < -0.39 is 7.82 Å². The first-order chi connectivity index (χ1) is 6.13. The van der Waals surface area contributed by atoms with Gasteiger partial charge in [0.15, 0.2) is 0 Å². The molecule has 4 nitrogen and oxygen atoms in total. The SMILES string of the molecule is CC(C)[CH2][Zn][CH2]C(C)C.O=P(O)(O)O. The van der Waals surface area contributed by atoms with Gasteiger partial charge in [-0.25, -0.2) is 4.57 Å². The third kappa shape index (κ3) is 38.7. The molecule has 0 aromatic heterocycles. The minimum absolute atomic E-state index is 0.0671. The molecular formula is C8H21O4PZn. The summed E-state index contributed by atoms with van der Waals surface area (Å²) in [5.74, 6) is 1.95. The predicted octanol–water partition coefficient (Wildman–Crippen LogP) is 2.29. The predicted molar refractivity (Wildman–Crippen MR) is 53.6 cm³/mol. The van der Waals surface area contributed by atoms with Gasteiger partial charge < -0.3 is 14.7 Å². The van der Waals surface area contributed by atoms with Crippen LogP contribution in [0.3, 0.4) is 0 Å². The van der Waals surface area contributed by atoms with Crippen LogP contribution >= 0.6 is 7.82 Å². The fraction of sp³-hybridized carbons (Fsp3) is 1.00. The molecule has 0 unspecified atom stereocenters. The van der Waals surface area contributed by atoms with E-state index in [-0.39, 0.29) is 17.1 Å². The van der Waals surface area contributed by atoms with E-state index in [1.807, 2.05) is 0 Å². The summed E-state index contributed by atoms with van der Waals surface area (Å²) in [5, 5.41) is 3.18. The Morgan fingerprint density at radius 2 is 1.21 bits per heavy atom. The van der Waals surface area contributed by atoms with Crippen molar-refractivity contribution in [3.63, 3.8) is 0 Å². The van der Waals surface area contributed by atoms with Gasteiger partial charge in [0.25, 0.3) is 0 Å². The molecule has 3 N–H and O–H groups in total. The molecule has 0 aliphatic heterocycles. The maximum atomic E-state index is 8.88. The van der Waals surface area contributed by atoms with Crippen LogP contribution in [0.1, 0.15) is 27.7 Å². The van der Waals surface area contributed by atoms with Gasteiger partial charge in [-0.05, 0) is 0 Å². The van der Waals surface area contributed by atoms with E-state index in [1.165, 1.54) is 0 Å². The minimum atomic E-state index is -4.64. The Morgan fingerprint density at radius 1 is 1.00 bits per heavy atom. The van der Waals surface area contributed by atoms with Crippen LogP contribution in [0.5, 0.6) is 0 Å².